The molecule has 1 heterocycles. The van der Waals surface area contributed by atoms with E-state index in [1.807, 2.05) is 14.1 Å². The van der Waals surface area contributed by atoms with Gasteiger partial charge in [-0.15, -0.1) is 0 Å². The van der Waals surface area contributed by atoms with Crippen molar-refractivity contribution in [1.82, 2.24) is 4.90 Å². The smallest absolute Gasteiger partial charge is 0.106 e. The van der Waals surface area contributed by atoms with E-state index in [0.717, 1.165) is 5.82 Å². The first kappa shape index (κ1) is 12.0. The van der Waals surface area contributed by atoms with Crippen LogP contribution in [0.5, 0.6) is 0 Å². The molecule has 0 saturated carbocycles. The van der Waals surface area contributed by atoms with Gasteiger partial charge in [-0.25, -0.2) is 0 Å². The number of benzene rings is 1. The molecule has 0 saturated heterocycles. The Labute approximate surface area is 107 Å². The fourth-order valence-electron chi connectivity index (χ4n) is 1.64. The minimum atomic E-state index is 1.12. The topological polar surface area (TPSA) is 18.5 Å². The van der Waals surface area contributed by atoms with Crippen LogP contribution >= 0.6 is 11.4 Å². The number of hydrogen-bond donors (Lipinski definition) is 2. The molecule has 4 heteroatoms. The molecule has 0 aliphatic carbocycles. The first-order valence-corrected chi connectivity index (χ1v) is 6.54. The van der Waals surface area contributed by atoms with E-state index in [2.05, 4.69) is 58.9 Å². The molecule has 1 aromatic carbocycles. The average Bonchev–Trinajstić information content (AvgIpc) is 2.49. The lowest BCUT2D eigenvalue weighted by Gasteiger charge is -2.20. The van der Waals surface area contributed by atoms with Crippen molar-refractivity contribution in [2.24, 2.45) is 0 Å². The third-order valence-corrected chi connectivity index (χ3v) is 3.63. The van der Waals surface area contributed by atoms with Crippen LogP contribution in [0, 0.1) is 0 Å². The first-order chi connectivity index (χ1) is 8.08. The zero-order valence-corrected chi connectivity index (χ0v) is 11.6. The van der Waals surface area contributed by atoms with Crippen LogP contribution in [-0.2, 0) is 0 Å². The molecule has 0 unspecified atom stereocenters. The Morgan fingerprint density at radius 2 is 1.82 bits per heavy atom. The second-order valence-electron chi connectivity index (χ2n) is 4.45. The summed E-state index contributed by atoms with van der Waals surface area (Å²) in [6.45, 7) is 0. The van der Waals surface area contributed by atoms with E-state index >= 15 is 0 Å². The predicted octanol–water partition coefficient (Wildman–Crippen LogP) is 2.21. The van der Waals surface area contributed by atoms with Gasteiger partial charge in [-0.3, -0.25) is 0 Å². The minimum absolute atomic E-state index is 1.12. The van der Waals surface area contributed by atoms with Crippen LogP contribution in [0.2, 0.25) is 0 Å². The number of allylic oxidation sites excluding steroid dienone is 1. The highest BCUT2D eigenvalue weighted by Gasteiger charge is 2.08. The van der Waals surface area contributed by atoms with Crippen molar-refractivity contribution in [3.8, 4) is 0 Å². The summed E-state index contributed by atoms with van der Waals surface area (Å²) in [5.41, 5.74) is 2.42. The van der Waals surface area contributed by atoms with Crippen LogP contribution in [0.4, 0.5) is 11.4 Å². The van der Waals surface area contributed by atoms with Gasteiger partial charge in [0.2, 0.25) is 0 Å². The van der Waals surface area contributed by atoms with Crippen molar-refractivity contribution in [2.45, 2.75) is 4.90 Å². The zero-order valence-electron chi connectivity index (χ0n) is 10.7. The van der Waals surface area contributed by atoms with Crippen LogP contribution < -0.4 is 10.2 Å². The van der Waals surface area contributed by atoms with Gasteiger partial charge in [0.1, 0.15) is 5.82 Å². The highest BCUT2D eigenvalue weighted by atomic mass is 32.1. The maximum atomic E-state index is 3.46. The fraction of sp³-hybridized carbons (Fsp3) is 0.308. The molecule has 1 aromatic rings. The molecule has 1 aliphatic heterocycles. The average molecular weight is 249 g/mol. The molecule has 1 N–H and O–H groups in total. The molecule has 0 bridgehead atoms. The van der Waals surface area contributed by atoms with Gasteiger partial charge in [-0.05, 0) is 29.6 Å². The lowest BCUT2D eigenvalue weighted by molar-refractivity contribution is 0.519. The van der Waals surface area contributed by atoms with Gasteiger partial charge < -0.3 is 15.1 Å². The first-order valence-electron chi connectivity index (χ1n) is 5.58. The fourth-order valence-corrected chi connectivity index (χ4v) is 2.49. The summed E-state index contributed by atoms with van der Waals surface area (Å²) in [6, 6.07) is 6.51. The Morgan fingerprint density at radius 3 is 2.47 bits per heavy atom. The predicted molar refractivity (Wildman–Crippen MR) is 79.5 cm³/mol. The zero-order chi connectivity index (χ0) is 12.4. The number of rotatable bonds is 2. The SMILES string of the molecule is CN(C)C1=CC=[SH]c2cc(N(C)C)ccc2N1. The van der Waals surface area contributed by atoms with Crippen molar-refractivity contribution in [1.29, 1.82) is 0 Å². The Balaban J connectivity index is 2.36. The molecule has 92 valence electrons. The lowest BCUT2D eigenvalue weighted by Crippen LogP contribution is -2.18. The summed E-state index contributed by atoms with van der Waals surface area (Å²) in [4.78, 5) is 5.52. The summed E-state index contributed by atoms with van der Waals surface area (Å²) in [6.07, 6.45) is 2.12. The van der Waals surface area contributed by atoms with Gasteiger partial charge in [0.05, 0.1) is 5.69 Å². The molecule has 0 aromatic heterocycles. The van der Waals surface area contributed by atoms with Gasteiger partial charge in [0.25, 0.3) is 0 Å². The molecule has 0 fully saturated rings. The Morgan fingerprint density at radius 1 is 1.06 bits per heavy atom. The number of thiol groups is 1. The highest BCUT2D eigenvalue weighted by molar-refractivity contribution is 7.98. The summed E-state index contributed by atoms with van der Waals surface area (Å²) in [5, 5.41) is 5.63. The largest absolute Gasteiger partial charge is 0.378 e. The van der Waals surface area contributed by atoms with Crippen molar-refractivity contribution >= 4 is 28.1 Å². The summed E-state index contributed by atoms with van der Waals surface area (Å²) in [7, 11) is 8.22. The number of anilines is 2. The molecule has 0 amide bonds. The van der Waals surface area contributed by atoms with Crippen LogP contribution in [0.1, 0.15) is 0 Å². The number of fused-ring (bicyclic) bond motifs is 1. The van der Waals surface area contributed by atoms with Crippen molar-refractivity contribution in [2.75, 3.05) is 38.4 Å². The number of nitrogens with one attached hydrogen (secondary N) is 1. The van der Waals surface area contributed by atoms with Gasteiger partial charge in [0.15, 0.2) is 0 Å². The molecule has 0 atom stereocenters. The third-order valence-electron chi connectivity index (χ3n) is 2.69. The maximum absolute atomic E-state index is 3.46. The molecule has 3 nitrogen and oxygen atoms in total. The highest BCUT2D eigenvalue weighted by Crippen LogP contribution is 2.30. The Kier molecular flexibility index (Phi) is 3.43. The van der Waals surface area contributed by atoms with Crippen molar-refractivity contribution < 1.29 is 0 Å². The second kappa shape index (κ2) is 4.84. The maximum Gasteiger partial charge on any atom is 0.106 e. The van der Waals surface area contributed by atoms with E-state index < -0.39 is 0 Å². The molecule has 17 heavy (non-hydrogen) atoms. The van der Waals surface area contributed by atoms with E-state index in [4.69, 9.17) is 0 Å². The molecule has 0 radical (unpaired) electrons. The standard InChI is InChI=1S/C13H19N3S/c1-15(2)10-5-6-11-12(9-10)17-8-7-13(14-11)16(3)4/h5-9,14,17H,1-4H3. The lowest BCUT2D eigenvalue weighted by atomic mass is 10.2. The van der Waals surface area contributed by atoms with Gasteiger partial charge in [-0.2, -0.15) is 11.4 Å². The number of nitrogens with zero attached hydrogens (tertiary/aromatic N) is 2. The van der Waals surface area contributed by atoms with Crippen LogP contribution in [-0.4, -0.2) is 38.5 Å². The van der Waals surface area contributed by atoms with Crippen molar-refractivity contribution in [3.63, 3.8) is 0 Å². The monoisotopic (exact) mass is 249 g/mol. The molecule has 0 spiro atoms. The summed E-state index contributed by atoms with van der Waals surface area (Å²) in [5.74, 6) is 1.12. The molecule has 2 rings (SSSR count). The third kappa shape index (κ3) is 2.64. The van der Waals surface area contributed by atoms with E-state index in [9.17, 15) is 0 Å². The van der Waals surface area contributed by atoms with Crippen LogP contribution in [0.3, 0.4) is 0 Å². The summed E-state index contributed by atoms with van der Waals surface area (Å²) < 4.78 is 0. The van der Waals surface area contributed by atoms with E-state index in [0.29, 0.717) is 0 Å². The van der Waals surface area contributed by atoms with Crippen LogP contribution in [0.25, 0.3) is 0 Å². The summed E-state index contributed by atoms with van der Waals surface area (Å²) >= 11 is 1.23. The molecular weight excluding hydrogens is 230 g/mol. The molecule has 1 aliphatic rings. The van der Waals surface area contributed by atoms with Gasteiger partial charge in [-0.1, -0.05) is 0 Å². The molecular formula is C13H19N3S. The Bertz CT molecular complexity index is 476. The van der Waals surface area contributed by atoms with E-state index in [1.165, 1.54) is 27.6 Å². The van der Waals surface area contributed by atoms with Crippen molar-refractivity contribution in [3.05, 3.63) is 30.1 Å². The van der Waals surface area contributed by atoms with Crippen LogP contribution in [0.15, 0.2) is 35.0 Å². The minimum Gasteiger partial charge on any atom is -0.378 e. The van der Waals surface area contributed by atoms with E-state index in [-0.39, 0.29) is 0 Å². The number of hydrogen-bond acceptors (Lipinski definition) is 3. The second-order valence-corrected chi connectivity index (χ2v) is 5.48. The van der Waals surface area contributed by atoms with Gasteiger partial charge in [0, 0.05) is 38.8 Å². The van der Waals surface area contributed by atoms with Gasteiger partial charge >= 0.3 is 0 Å². The van der Waals surface area contributed by atoms with E-state index in [1.54, 1.807) is 0 Å². The Hall–Kier alpha value is -1.42. The normalized spacial score (nSPS) is 13.8. The quantitative estimate of drug-likeness (QED) is 0.619.